The van der Waals surface area contributed by atoms with Gasteiger partial charge < -0.3 is 5.32 Å². The van der Waals surface area contributed by atoms with Crippen molar-refractivity contribution >= 4 is 21.8 Å². The summed E-state index contributed by atoms with van der Waals surface area (Å²) in [6, 6.07) is 0. The molecule has 0 aromatic rings. The molecule has 1 aliphatic rings. The third-order valence-electron chi connectivity index (χ3n) is 2.41. The van der Waals surface area contributed by atoms with E-state index in [9.17, 15) is 8.42 Å². The molecule has 6 heteroatoms. The molecule has 0 spiro atoms. The first kappa shape index (κ1) is 13.3. The molecule has 4 nitrogen and oxygen atoms in total. The van der Waals surface area contributed by atoms with Gasteiger partial charge in [-0.3, -0.25) is 0 Å². The number of sulfonamides is 1. The SMILES string of the molecule is CCNCCS(=O)(=O)NCC1CCSC1. The van der Waals surface area contributed by atoms with Crippen molar-refractivity contribution in [2.24, 2.45) is 5.92 Å². The van der Waals surface area contributed by atoms with Crippen molar-refractivity contribution in [3.63, 3.8) is 0 Å². The molecule has 0 amide bonds. The predicted molar refractivity (Wildman–Crippen MR) is 65.8 cm³/mol. The second kappa shape index (κ2) is 6.73. The first-order valence-corrected chi connectivity index (χ1v) is 8.20. The Balaban J connectivity index is 2.17. The number of hydrogen-bond acceptors (Lipinski definition) is 4. The van der Waals surface area contributed by atoms with Crippen LogP contribution in [0.5, 0.6) is 0 Å². The molecule has 1 fully saturated rings. The van der Waals surface area contributed by atoms with Crippen LogP contribution in [0.15, 0.2) is 0 Å². The van der Waals surface area contributed by atoms with E-state index in [1.54, 1.807) is 0 Å². The lowest BCUT2D eigenvalue weighted by atomic mass is 10.1. The van der Waals surface area contributed by atoms with Crippen LogP contribution in [0.25, 0.3) is 0 Å². The van der Waals surface area contributed by atoms with E-state index in [4.69, 9.17) is 0 Å². The van der Waals surface area contributed by atoms with E-state index in [0.29, 0.717) is 19.0 Å². The van der Waals surface area contributed by atoms with Gasteiger partial charge in [0.2, 0.25) is 10.0 Å². The molecule has 15 heavy (non-hydrogen) atoms. The number of thioether (sulfide) groups is 1. The smallest absolute Gasteiger partial charge is 0.212 e. The molecule has 0 bridgehead atoms. The van der Waals surface area contributed by atoms with Crippen LogP contribution in [0.2, 0.25) is 0 Å². The molecule has 1 heterocycles. The van der Waals surface area contributed by atoms with Gasteiger partial charge in [-0.1, -0.05) is 6.92 Å². The second-order valence-electron chi connectivity index (χ2n) is 3.75. The van der Waals surface area contributed by atoms with Crippen molar-refractivity contribution in [3.05, 3.63) is 0 Å². The van der Waals surface area contributed by atoms with Crippen LogP contribution in [-0.2, 0) is 10.0 Å². The van der Waals surface area contributed by atoms with Gasteiger partial charge in [-0.05, 0) is 30.4 Å². The summed E-state index contributed by atoms with van der Waals surface area (Å²) in [6.45, 7) is 3.93. The van der Waals surface area contributed by atoms with Crippen LogP contribution in [0.1, 0.15) is 13.3 Å². The molecular formula is C9H20N2O2S2. The van der Waals surface area contributed by atoms with E-state index < -0.39 is 10.0 Å². The molecule has 0 radical (unpaired) electrons. The lowest BCUT2D eigenvalue weighted by Gasteiger charge is -2.10. The van der Waals surface area contributed by atoms with E-state index >= 15 is 0 Å². The van der Waals surface area contributed by atoms with Gasteiger partial charge >= 0.3 is 0 Å². The maximum Gasteiger partial charge on any atom is 0.212 e. The minimum Gasteiger partial charge on any atom is -0.316 e. The second-order valence-corrected chi connectivity index (χ2v) is 6.83. The summed E-state index contributed by atoms with van der Waals surface area (Å²) < 4.78 is 25.7. The molecule has 90 valence electrons. The van der Waals surface area contributed by atoms with E-state index in [2.05, 4.69) is 10.0 Å². The summed E-state index contributed by atoms with van der Waals surface area (Å²) in [5, 5.41) is 3.01. The van der Waals surface area contributed by atoms with Crippen molar-refractivity contribution in [3.8, 4) is 0 Å². The largest absolute Gasteiger partial charge is 0.316 e. The molecule has 1 aliphatic heterocycles. The normalized spacial score (nSPS) is 22.1. The van der Waals surface area contributed by atoms with Gasteiger partial charge in [0, 0.05) is 13.1 Å². The Kier molecular flexibility index (Phi) is 5.96. The summed E-state index contributed by atoms with van der Waals surface area (Å²) >= 11 is 1.91. The fourth-order valence-electron chi connectivity index (χ4n) is 1.44. The Morgan fingerprint density at radius 2 is 2.27 bits per heavy atom. The maximum absolute atomic E-state index is 11.5. The van der Waals surface area contributed by atoms with Crippen molar-refractivity contribution < 1.29 is 8.42 Å². The van der Waals surface area contributed by atoms with E-state index in [0.717, 1.165) is 18.7 Å². The highest BCUT2D eigenvalue weighted by Gasteiger charge is 2.18. The summed E-state index contributed by atoms with van der Waals surface area (Å²) in [4.78, 5) is 0. The lowest BCUT2D eigenvalue weighted by Crippen LogP contribution is -2.34. The molecule has 0 saturated carbocycles. The van der Waals surface area contributed by atoms with Crippen LogP contribution in [-0.4, -0.2) is 45.3 Å². The Hall–Kier alpha value is 0.220. The number of hydrogen-bond donors (Lipinski definition) is 2. The van der Waals surface area contributed by atoms with Crippen molar-refractivity contribution in [2.75, 3.05) is 36.9 Å². The van der Waals surface area contributed by atoms with Crippen molar-refractivity contribution in [2.45, 2.75) is 13.3 Å². The Morgan fingerprint density at radius 1 is 1.47 bits per heavy atom. The fraction of sp³-hybridized carbons (Fsp3) is 1.00. The molecular weight excluding hydrogens is 232 g/mol. The summed E-state index contributed by atoms with van der Waals surface area (Å²) in [7, 11) is -3.06. The topological polar surface area (TPSA) is 58.2 Å². The van der Waals surface area contributed by atoms with E-state index in [-0.39, 0.29) is 5.75 Å². The summed E-state index contributed by atoms with van der Waals surface area (Å²) in [6.07, 6.45) is 1.14. The lowest BCUT2D eigenvalue weighted by molar-refractivity contribution is 0.544. The minimum absolute atomic E-state index is 0.181. The van der Waals surface area contributed by atoms with Crippen LogP contribution >= 0.6 is 11.8 Å². The highest BCUT2D eigenvalue weighted by Crippen LogP contribution is 2.22. The average molecular weight is 252 g/mol. The number of nitrogens with one attached hydrogen (secondary N) is 2. The monoisotopic (exact) mass is 252 g/mol. The predicted octanol–water partition coefficient (Wildman–Crippen LogP) is 0.268. The Bertz CT molecular complexity index is 261. The van der Waals surface area contributed by atoms with Gasteiger partial charge in [0.15, 0.2) is 0 Å². The quantitative estimate of drug-likeness (QED) is 0.639. The van der Waals surface area contributed by atoms with Crippen molar-refractivity contribution in [1.82, 2.24) is 10.0 Å². The molecule has 1 rings (SSSR count). The molecule has 1 saturated heterocycles. The zero-order chi connectivity index (χ0) is 11.1. The summed E-state index contributed by atoms with van der Waals surface area (Å²) in [5.74, 6) is 2.98. The molecule has 1 atom stereocenters. The third kappa shape index (κ3) is 5.75. The third-order valence-corrected chi connectivity index (χ3v) is 4.99. The van der Waals surface area contributed by atoms with Gasteiger partial charge in [0.1, 0.15) is 0 Å². The zero-order valence-corrected chi connectivity index (χ0v) is 10.8. The van der Waals surface area contributed by atoms with Gasteiger partial charge in [-0.15, -0.1) is 0 Å². The van der Waals surface area contributed by atoms with E-state index in [1.165, 1.54) is 5.75 Å². The minimum atomic E-state index is -3.06. The summed E-state index contributed by atoms with van der Waals surface area (Å²) in [5.41, 5.74) is 0. The zero-order valence-electron chi connectivity index (χ0n) is 9.16. The van der Waals surface area contributed by atoms with Gasteiger partial charge in [-0.2, -0.15) is 11.8 Å². The first-order valence-electron chi connectivity index (χ1n) is 5.40. The highest BCUT2D eigenvalue weighted by atomic mass is 32.2. The average Bonchev–Trinajstić information content (AvgIpc) is 2.68. The van der Waals surface area contributed by atoms with E-state index in [1.807, 2.05) is 18.7 Å². The van der Waals surface area contributed by atoms with Crippen LogP contribution in [0.4, 0.5) is 0 Å². The van der Waals surface area contributed by atoms with Crippen LogP contribution in [0, 0.1) is 5.92 Å². The van der Waals surface area contributed by atoms with Crippen LogP contribution < -0.4 is 10.0 Å². The molecule has 0 aliphatic carbocycles. The van der Waals surface area contributed by atoms with Gasteiger partial charge in [0.25, 0.3) is 0 Å². The Labute approximate surface area is 96.6 Å². The Morgan fingerprint density at radius 3 is 2.87 bits per heavy atom. The first-order chi connectivity index (χ1) is 7.14. The molecule has 0 aromatic carbocycles. The molecule has 1 unspecified atom stereocenters. The number of rotatable bonds is 7. The van der Waals surface area contributed by atoms with Gasteiger partial charge in [0.05, 0.1) is 5.75 Å². The van der Waals surface area contributed by atoms with Crippen LogP contribution in [0.3, 0.4) is 0 Å². The highest BCUT2D eigenvalue weighted by molar-refractivity contribution is 7.99. The fourth-order valence-corrected chi connectivity index (χ4v) is 3.78. The standard InChI is InChI=1S/C9H20N2O2S2/c1-2-10-4-6-15(12,13)11-7-9-3-5-14-8-9/h9-11H,2-8H2,1H3. The molecule has 0 aromatic heterocycles. The maximum atomic E-state index is 11.5. The molecule has 2 N–H and O–H groups in total. The van der Waals surface area contributed by atoms with Gasteiger partial charge in [-0.25, -0.2) is 13.1 Å². The van der Waals surface area contributed by atoms with Crippen molar-refractivity contribution in [1.29, 1.82) is 0 Å².